The van der Waals surface area contributed by atoms with E-state index in [0.29, 0.717) is 17.7 Å². The second-order valence-electron chi connectivity index (χ2n) is 6.09. The molecule has 1 fully saturated rings. The number of H-pyrrole nitrogens is 1. The lowest BCUT2D eigenvalue weighted by atomic mass is 9.91. The first-order valence-electron chi connectivity index (χ1n) is 7.68. The minimum atomic E-state index is 0.364. The summed E-state index contributed by atoms with van der Waals surface area (Å²) in [4.78, 5) is 0. The lowest BCUT2D eigenvalue weighted by Crippen LogP contribution is -2.16. The quantitative estimate of drug-likeness (QED) is 0.904. The normalized spacial score (nSPS) is 19.1. The number of nitrogens with two attached hydrogens (primary N) is 1. The zero-order valence-electron chi connectivity index (χ0n) is 12.7. The second-order valence-corrected chi connectivity index (χ2v) is 6.09. The fraction of sp³-hybridized carbons (Fsp3) is 0.471. The van der Waals surface area contributed by atoms with E-state index in [-0.39, 0.29) is 0 Å². The highest BCUT2D eigenvalue weighted by Crippen LogP contribution is 2.36. The SMILES string of the molecule is CC(C)c1ccc(-c2c(N)n[nH]c2C2CCCOC2)cc1. The van der Waals surface area contributed by atoms with E-state index in [0.717, 1.165) is 42.9 Å². The maximum atomic E-state index is 6.09. The Labute approximate surface area is 125 Å². The number of nitrogens with zero attached hydrogens (tertiary/aromatic N) is 1. The van der Waals surface area contributed by atoms with Crippen LogP contribution >= 0.6 is 0 Å². The van der Waals surface area contributed by atoms with E-state index in [1.54, 1.807) is 0 Å². The average Bonchev–Trinajstić information content (AvgIpc) is 2.90. The van der Waals surface area contributed by atoms with Crippen molar-refractivity contribution < 1.29 is 4.74 Å². The molecule has 112 valence electrons. The molecule has 1 saturated heterocycles. The van der Waals surface area contributed by atoms with Crippen LogP contribution in [-0.2, 0) is 4.74 Å². The molecule has 0 amide bonds. The molecular weight excluding hydrogens is 262 g/mol. The summed E-state index contributed by atoms with van der Waals surface area (Å²) in [6, 6.07) is 8.63. The van der Waals surface area contributed by atoms with E-state index in [4.69, 9.17) is 10.5 Å². The van der Waals surface area contributed by atoms with E-state index in [9.17, 15) is 0 Å². The highest BCUT2D eigenvalue weighted by Gasteiger charge is 2.23. The fourth-order valence-corrected chi connectivity index (χ4v) is 2.97. The Morgan fingerprint density at radius 3 is 2.67 bits per heavy atom. The van der Waals surface area contributed by atoms with Gasteiger partial charge >= 0.3 is 0 Å². The minimum Gasteiger partial charge on any atom is -0.382 e. The van der Waals surface area contributed by atoms with E-state index in [1.807, 2.05) is 0 Å². The maximum absolute atomic E-state index is 6.09. The molecule has 4 nitrogen and oxygen atoms in total. The molecule has 4 heteroatoms. The third kappa shape index (κ3) is 2.81. The van der Waals surface area contributed by atoms with Crippen molar-refractivity contribution in [2.45, 2.75) is 38.5 Å². The van der Waals surface area contributed by atoms with Crippen molar-refractivity contribution in [3.8, 4) is 11.1 Å². The first-order chi connectivity index (χ1) is 10.2. The average molecular weight is 285 g/mol. The third-order valence-electron chi connectivity index (χ3n) is 4.26. The number of nitrogen functional groups attached to an aromatic ring is 1. The number of aromatic amines is 1. The van der Waals surface area contributed by atoms with Gasteiger partial charge in [0.25, 0.3) is 0 Å². The van der Waals surface area contributed by atoms with Crippen LogP contribution in [0.4, 0.5) is 5.82 Å². The van der Waals surface area contributed by atoms with Gasteiger partial charge in [-0.3, -0.25) is 5.10 Å². The third-order valence-corrected chi connectivity index (χ3v) is 4.26. The van der Waals surface area contributed by atoms with Crippen LogP contribution in [0.2, 0.25) is 0 Å². The molecular formula is C17H23N3O. The first kappa shape index (κ1) is 14.1. The molecule has 1 unspecified atom stereocenters. The molecule has 1 aromatic carbocycles. The number of hydrogen-bond donors (Lipinski definition) is 2. The molecule has 1 atom stereocenters. The molecule has 3 N–H and O–H groups in total. The summed E-state index contributed by atoms with van der Waals surface area (Å²) in [7, 11) is 0. The topological polar surface area (TPSA) is 63.9 Å². The molecule has 0 saturated carbocycles. The molecule has 21 heavy (non-hydrogen) atoms. The van der Waals surface area contributed by atoms with Crippen molar-refractivity contribution in [1.29, 1.82) is 0 Å². The minimum absolute atomic E-state index is 0.364. The van der Waals surface area contributed by atoms with Gasteiger partial charge in [0.15, 0.2) is 5.82 Å². The Kier molecular flexibility index (Phi) is 3.97. The summed E-state index contributed by atoms with van der Waals surface area (Å²) in [6.07, 6.45) is 2.22. The molecule has 1 aliphatic heterocycles. The molecule has 0 bridgehead atoms. The molecule has 1 aromatic heterocycles. The second kappa shape index (κ2) is 5.90. The van der Waals surface area contributed by atoms with Crippen molar-refractivity contribution in [2.75, 3.05) is 18.9 Å². The van der Waals surface area contributed by atoms with Crippen molar-refractivity contribution in [3.63, 3.8) is 0 Å². The molecule has 3 rings (SSSR count). The van der Waals surface area contributed by atoms with Crippen LogP contribution < -0.4 is 5.73 Å². The highest BCUT2D eigenvalue weighted by atomic mass is 16.5. The maximum Gasteiger partial charge on any atom is 0.153 e. The van der Waals surface area contributed by atoms with E-state index in [1.165, 1.54) is 5.56 Å². The number of benzene rings is 1. The molecule has 0 aliphatic carbocycles. The van der Waals surface area contributed by atoms with Gasteiger partial charge in [-0.25, -0.2) is 0 Å². The standard InChI is InChI=1S/C17H23N3O/c1-11(2)12-5-7-13(8-6-12)15-16(19-20-17(15)18)14-4-3-9-21-10-14/h5-8,11,14H,3-4,9-10H2,1-2H3,(H3,18,19,20). The van der Waals surface area contributed by atoms with Gasteiger partial charge in [-0.15, -0.1) is 0 Å². The number of rotatable bonds is 3. The first-order valence-corrected chi connectivity index (χ1v) is 7.68. The Morgan fingerprint density at radius 1 is 1.29 bits per heavy atom. The van der Waals surface area contributed by atoms with Crippen molar-refractivity contribution >= 4 is 5.82 Å². The van der Waals surface area contributed by atoms with E-state index < -0.39 is 0 Å². The smallest absolute Gasteiger partial charge is 0.153 e. The predicted octanol–water partition coefficient (Wildman–Crippen LogP) is 3.68. The van der Waals surface area contributed by atoms with Gasteiger partial charge in [0, 0.05) is 18.1 Å². The van der Waals surface area contributed by atoms with Gasteiger partial charge < -0.3 is 10.5 Å². The fourth-order valence-electron chi connectivity index (χ4n) is 2.97. The molecule has 2 heterocycles. The predicted molar refractivity (Wildman–Crippen MR) is 85.3 cm³/mol. The van der Waals surface area contributed by atoms with Gasteiger partial charge in [0.2, 0.25) is 0 Å². The summed E-state index contributed by atoms with van der Waals surface area (Å²) in [5.41, 5.74) is 10.7. The summed E-state index contributed by atoms with van der Waals surface area (Å²) in [5.74, 6) is 1.48. The number of hydrogen-bond acceptors (Lipinski definition) is 3. The molecule has 1 aliphatic rings. The number of anilines is 1. The van der Waals surface area contributed by atoms with Crippen LogP contribution in [0.15, 0.2) is 24.3 Å². The Morgan fingerprint density at radius 2 is 2.05 bits per heavy atom. The summed E-state index contributed by atoms with van der Waals surface area (Å²) >= 11 is 0. The molecule has 2 aromatic rings. The van der Waals surface area contributed by atoms with Crippen LogP contribution in [0.1, 0.15) is 49.8 Å². The summed E-state index contributed by atoms with van der Waals surface area (Å²) < 4.78 is 5.60. The number of aromatic nitrogens is 2. The number of nitrogens with one attached hydrogen (secondary N) is 1. The lowest BCUT2D eigenvalue weighted by Gasteiger charge is -2.22. The van der Waals surface area contributed by atoms with Gasteiger partial charge in [0.05, 0.1) is 12.3 Å². The van der Waals surface area contributed by atoms with Gasteiger partial charge in [-0.05, 0) is 29.9 Å². The van der Waals surface area contributed by atoms with Crippen LogP contribution in [0.5, 0.6) is 0 Å². The molecule has 0 spiro atoms. The van der Waals surface area contributed by atoms with E-state index in [2.05, 4.69) is 48.3 Å². The zero-order valence-corrected chi connectivity index (χ0v) is 12.7. The van der Waals surface area contributed by atoms with Gasteiger partial charge in [-0.2, -0.15) is 5.10 Å². The lowest BCUT2D eigenvalue weighted by molar-refractivity contribution is 0.0794. The van der Waals surface area contributed by atoms with Crippen molar-refractivity contribution in [2.24, 2.45) is 0 Å². The van der Waals surface area contributed by atoms with E-state index >= 15 is 0 Å². The Hall–Kier alpha value is -1.81. The zero-order chi connectivity index (χ0) is 14.8. The van der Waals surface area contributed by atoms with Crippen LogP contribution in [-0.4, -0.2) is 23.4 Å². The van der Waals surface area contributed by atoms with Gasteiger partial charge in [-0.1, -0.05) is 38.1 Å². The highest BCUT2D eigenvalue weighted by molar-refractivity contribution is 5.77. The largest absolute Gasteiger partial charge is 0.382 e. The molecule has 0 radical (unpaired) electrons. The monoisotopic (exact) mass is 285 g/mol. The van der Waals surface area contributed by atoms with Gasteiger partial charge in [0.1, 0.15) is 0 Å². The Balaban J connectivity index is 1.95. The van der Waals surface area contributed by atoms with Crippen LogP contribution in [0.3, 0.4) is 0 Å². The van der Waals surface area contributed by atoms with Crippen LogP contribution in [0, 0.1) is 0 Å². The Bertz CT molecular complexity index is 595. The number of ether oxygens (including phenoxy) is 1. The summed E-state index contributed by atoms with van der Waals surface area (Å²) in [5, 5.41) is 7.35. The summed E-state index contributed by atoms with van der Waals surface area (Å²) in [6.45, 7) is 6.01. The van der Waals surface area contributed by atoms with Crippen molar-refractivity contribution in [1.82, 2.24) is 10.2 Å². The van der Waals surface area contributed by atoms with Crippen LogP contribution in [0.25, 0.3) is 11.1 Å². The van der Waals surface area contributed by atoms with Crippen molar-refractivity contribution in [3.05, 3.63) is 35.5 Å².